The largest absolute Gasteiger partial charge is 0.382 e. The van der Waals surface area contributed by atoms with Crippen LogP contribution in [-0.4, -0.2) is 69.8 Å². The van der Waals surface area contributed by atoms with Crippen LogP contribution < -0.4 is 5.73 Å². The van der Waals surface area contributed by atoms with Crippen molar-refractivity contribution in [2.45, 2.75) is 83.1 Å². The summed E-state index contributed by atoms with van der Waals surface area (Å²) in [5, 5.41) is 8.00. The summed E-state index contributed by atoms with van der Waals surface area (Å²) in [7, 11) is 0. The molecule has 0 saturated carbocycles. The maximum atomic E-state index is 15.0. The molecule has 238 valence electrons. The number of H-pyrrole nitrogens is 1. The number of rotatable bonds is 12. The number of hydrogen-bond donors (Lipinski definition) is 2. The van der Waals surface area contributed by atoms with Crippen LogP contribution in [0.25, 0.3) is 10.9 Å². The molecule has 1 unspecified atom stereocenters. The fourth-order valence-electron chi connectivity index (χ4n) is 6.72. The molecule has 1 aromatic heterocycles. The highest BCUT2D eigenvalue weighted by molar-refractivity contribution is 5.89. The molecule has 2 aliphatic rings. The van der Waals surface area contributed by atoms with Gasteiger partial charge in [-0.3, -0.25) is 5.10 Å². The molecule has 45 heavy (non-hydrogen) atoms. The first-order valence-electron chi connectivity index (χ1n) is 16.2. The molecule has 3 aromatic carbocycles. The van der Waals surface area contributed by atoms with Gasteiger partial charge in [-0.15, -0.1) is 0 Å². The Morgan fingerprint density at radius 1 is 0.911 bits per heavy atom. The van der Waals surface area contributed by atoms with Gasteiger partial charge in [-0.25, -0.2) is 4.79 Å². The van der Waals surface area contributed by atoms with Gasteiger partial charge in [0.25, 0.3) is 0 Å². The van der Waals surface area contributed by atoms with Crippen LogP contribution in [0.1, 0.15) is 62.8 Å². The van der Waals surface area contributed by atoms with Gasteiger partial charge in [0, 0.05) is 31.7 Å². The average molecular weight is 612 g/mol. The Morgan fingerprint density at radius 3 is 2.38 bits per heavy atom. The predicted octanol–water partition coefficient (Wildman–Crippen LogP) is 6.46. The Morgan fingerprint density at radius 2 is 1.62 bits per heavy atom. The number of anilines is 1. The Bertz CT molecular complexity index is 1560. The first-order valence-corrected chi connectivity index (χ1v) is 16.2. The Kier molecular flexibility index (Phi) is 9.40. The van der Waals surface area contributed by atoms with Crippen LogP contribution in [-0.2, 0) is 27.2 Å². The number of benzene rings is 3. The highest BCUT2D eigenvalue weighted by atomic mass is 16.8. The Hall–Kier alpha value is -3.92. The molecular formula is C36H45N5O4. The zero-order valence-corrected chi connectivity index (χ0v) is 26.5. The number of nitrogens with two attached hydrogens (primary N) is 1. The lowest BCUT2D eigenvalue weighted by atomic mass is 9.90. The van der Waals surface area contributed by atoms with Gasteiger partial charge in [-0.2, -0.15) is 5.10 Å². The van der Waals surface area contributed by atoms with E-state index in [0.29, 0.717) is 31.9 Å². The lowest BCUT2D eigenvalue weighted by Crippen LogP contribution is -2.50. The number of aromatic nitrogens is 2. The molecule has 0 bridgehead atoms. The van der Waals surface area contributed by atoms with Crippen LogP contribution >= 0.6 is 0 Å². The van der Waals surface area contributed by atoms with E-state index in [1.54, 1.807) is 0 Å². The molecule has 2 fully saturated rings. The first kappa shape index (κ1) is 31.1. The summed E-state index contributed by atoms with van der Waals surface area (Å²) >= 11 is 0. The van der Waals surface area contributed by atoms with Gasteiger partial charge in [0.05, 0.1) is 17.6 Å². The van der Waals surface area contributed by atoms with Gasteiger partial charge < -0.3 is 29.7 Å². The summed E-state index contributed by atoms with van der Waals surface area (Å²) in [5.74, 6) is -0.374. The molecule has 4 atom stereocenters. The number of carbonyl (C=O) groups is 1. The number of unbranched alkanes of at least 4 members (excludes halogenated alkanes) is 1. The van der Waals surface area contributed by atoms with Crippen molar-refractivity contribution in [1.29, 1.82) is 0 Å². The van der Waals surface area contributed by atoms with E-state index in [9.17, 15) is 0 Å². The van der Waals surface area contributed by atoms with E-state index in [0.717, 1.165) is 53.5 Å². The Balaban J connectivity index is 1.43. The lowest BCUT2D eigenvalue weighted by molar-refractivity contribution is -0.157. The number of nitrogens with one attached hydrogen (secondary N) is 1. The monoisotopic (exact) mass is 611 g/mol. The fraction of sp³-hybridized carbons (Fsp3) is 0.444. The number of hydrogen-bond acceptors (Lipinski definition) is 6. The van der Waals surface area contributed by atoms with Crippen LogP contribution in [0.5, 0.6) is 0 Å². The zero-order valence-electron chi connectivity index (χ0n) is 26.5. The molecular weight excluding hydrogens is 566 g/mol. The molecule has 2 aliphatic heterocycles. The van der Waals surface area contributed by atoms with E-state index in [1.165, 1.54) is 0 Å². The van der Waals surface area contributed by atoms with E-state index in [4.69, 9.17) is 19.9 Å². The summed E-state index contributed by atoms with van der Waals surface area (Å²) in [4.78, 5) is 19.0. The second kappa shape index (κ2) is 13.6. The second-order valence-electron chi connectivity index (χ2n) is 12.6. The van der Waals surface area contributed by atoms with E-state index in [-0.39, 0.29) is 30.3 Å². The molecule has 0 radical (unpaired) electrons. The quantitative estimate of drug-likeness (QED) is 0.178. The number of nitrogen functional groups attached to an aromatic ring is 1. The Labute approximate surface area is 265 Å². The molecule has 9 nitrogen and oxygen atoms in total. The minimum Gasteiger partial charge on any atom is -0.382 e. The summed E-state index contributed by atoms with van der Waals surface area (Å²) in [6, 6.07) is 25.9. The number of urea groups is 1. The van der Waals surface area contributed by atoms with Gasteiger partial charge in [0.15, 0.2) is 11.6 Å². The molecule has 3 N–H and O–H groups in total. The topological polar surface area (TPSA) is 106 Å². The van der Waals surface area contributed by atoms with Crippen molar-refractivity contribution in [2.75, 3.05) is 25.5 Å². The summed E-state index contributed by atoms with van der Waals surface area (Å²) in [6.45, 7) is 8.33. The van der Waals surface area contributed by atoms with Crippen LogP contribution in [0.2, 0.25) is 0 Å². The third-order valence-electron chi connectivity index (χ3n) is 8.85. The minimum atomic E-state index is -0.817. The normalized spacial score (nSPS) is 23.0. The SMILES string of the molecule is CCCCOCCCN1C(=O)N(Cc2ccc3[nH]nc(N)c3c2)[C@H](Cc2ccccc2)[C@@H]2OC(C)(C)O[C@H]2C1c1ccccc1. The highest BCUT2D eigenvalue weighted by Gasteiger charge is 2.55. The molecule has 6 rings (SSSR count). The maximum Gasteiger partial charge on any atom is 0.321 e. The average Bonchev–Trinajstić information content (AvgIpc) is 3.56. The third-order valence-corrected chi connectivity index (χ3v) is 8.85. The minimum absolute atomic E-state index is 0.0435. The van der Waals surface area contributed by atoms with Gasteiger partial charge in [-0.05, 0) is 61.9 Å². The number of fused-ring (bicyclic) bond motifs is 2. The van der Waals surface area contributed by atoms with Crippen LogP contribution in [0.3, 0.4) is 0 Å². The molecule has 0 spiro atoms. The first-order chi connectivity index (χ1) is 21.8. The van der Waals surface area contributed by atoms with E-state index in [2.05, 4.69) is 41.4 Å². The van der Waals surface area contributed by atoms with Crippen molar-refractivity contribution in [2.24, 2.45) is 0 Å². The van der Waals surface area contributed by atoms with Gasteiger partial charge in [-0.1, -0.05) is 80.1 Å². The van der Waals surface area contributed by atoms with Crippen molar-refractivity contribution < 1.29 is 19.0 Å². The standard InChI is InChI=1S/C36H45N5O4/c1-4-5-20-43-21-12-19-40-31(27-15-10-7-11-16-27)33-32(44-36(2,3)45-33)30(23-25-13-8-6-9-14-25)41(35(40)42)24-26-17-18-29-28(22-26)34(37)39-38-29/h6-11,13-18,22,30-33H,4-5,12,19-21,23-24H2,1-3H3,(H3,37,38,39)/t30-,31?,32+,33+/m1/s1. The smallest absolute Gasteiger partial charge is 0.321 e. The van der Waals surface area contributed by atoms with Crippen molar-refractivity contribution in [3.05, 3.63) is 95.6 Å². The zero-order chi connectivity index (χ0) is 31.4. The summed E-state index contributed by atoms with van der Waals surface area (Å²) in [5.41, 5.74) is 10.2. The fourth-order valence-corrected chi connectivity index (χ4v) is 6.72. The van der Waals surface area contributed by atoms with Crippen molar-refractivity contribution >= 4 is 22.8 Å². The number of aromatic amines is 1. The van der Waals surface area contributed by atoms with Crippen LogP contribution in [0.15, 0.2) is 78.9 Å². The third kappa shape index (κ3) is 6.85. The van der Waals surface area contributed by atoms with Crippen LogP contribution in [0.4, 0.5) is 10.6 Å². The van der Waals surface area contributed by atoms with Crippen molar-refractivity contribution in [1.82, 2.24) is 20.0 Å². The number of amides is 2. The lowest BCUT2D eigenvalue weighted by Gasteiger charge is -2.37. The van der Waals surface area contributed by atoms with E-state index < -0.39 is 5.79 Å². The van der Waals surface area contributed by atoms with E-state index >= 15 is 4.79 Å². The number of carbonyl (C=O) groups excluding carboxylic acids is 1. The number of ether oxygens (including phenoxy) is 3. The van der Waals surface area contributed by atoms with Crippen molar-refractivity contribution in [3.8, 4) is 0 Å². The highest BCUT2D eigenvalue weighted by Crippen LogP contribution is 2.44. The van der Waals surface area contributed by atoms with Crippen molar-refractivity contribution in [3.63, 3.8) is 0 Å². The molecule has 3 heterocycles. The summed E-state index contributed by atoms with van der Waals surface area (Å²) < 4.78 is 19.5. The van der Waals surface area contributed by atoms with Gasteiger partial charge >= 0.3 is 6.03 Å². The molecule has 2 saturated heterocycles. The molecule has 9 heteroatoms. The molecule has 4 aromatic rings. The van der Waals surface area contributed by atoms with Crippen LogP contribution in [0, 0.1) is 0 Å². The maximum absolute atomic E-state index is 15.0. The van der Waals surface area contributed by atoms with E-state index in [1.807, 2.05) is 78.2 Å². The summed E-state index contributed by atoms with van der Waals surface area (Å²) in [6.07, 6.45) is 2.71. The van der Waals surface area contributed by atoms with Gasteiger partial charge in [0.2, 0.25) is 0 Å². The number of nitrogens with zero attached hydrogens (tertiary/aromatic N) is 3. The molecule has 2 amide bonds. The molecule has 0 aliphatic carbocycles. The van der Waals surface area contributed by atoms with Gasteiger partial charge in [0.1, 0.15) is 12.2 Å². The predicted molar refractivity (Wildman–Crippen MR) is 175 cm³/mol. The second-order valence-corrected chi connectivity index (χ2v) is 12.6.